The summed E-state index contributed by atoms with van der Waals surface area (Å²) in [6.45, 7) is 4.58. The number of anilines is 2. The van der Waals surface area contributed by atoms with Crippen LogP contribution in [0.5, 0.6) is 0 Å². The van der Waals surface area contributed by atoms with E-state index in [1.54, 1.807) is 12.5 Å². The average Bonchev–Trinajstić information content (AvgIpc) is 2.69. The molecule has 2 aliphatic rings. The molecule has 0 unspecified atom stereocenters. The second kappa shape index (κ2) is 8.10. The lowest BCUT2D eigenvalue weighted by Gasteiger charge is -2.44. The summed E-state index contributed by atoms with van der Waals surface area (Å²) in [4.78, 5) is 13.1. The van der Waals surface area contributed by atoms with Crippen LogP contribution in [0.4, 0.5) is 11.4 Å². The van der Waals surface area contributed by atoms with Crippen LogP contribution in [0, 0.1) is 0 Å². The van der Waals surface area contributed by atoms with E-state index >= 15 is 0 Å². The number of aromatic nitrogens is 2. The van der Waals surface area contributed by atoms with Crippen molar-refractivity contribution >= 4 is 17.2 Å². The number of aliphatic imine (C=N–C) groups is 1. The van der Waals surface area contributed by atoms with Crippen molar-refractivity contribution in [3.8, 4) is 0 Å². The van der Waals surface area contributed by atoms with Gasteiger partial charge in [-0.15, -0.1) is 0 Å². The van der Waals surface area contributed by atoms with Gasteiger partial charge in [-0.1, -0.05) is 45.2 Å². The fraction of sp³-hybridized carbons (Fsp3) is 0.450. The SMILES string of the molecule is CC.c1ccc2c(c1)NC(=NCc1ccncn1)C1(CCCCC1)N2. The molecule has 1 aliphatic heterocycles. The molecule has 1 aromatic carbocycles. The fourth-order valence-corrected chi connectivity index (χ4v) is 3.54. The molecule has 1 aliphatic carbocycles. The second-order valence-corrected chi connectivity index (χ2v) is 6.30. The molecule has 2 heterocycles. The second-order valence-electron chi connectivity index (χ2n) is 6.30. The summed E-state index contributed by atoms with van der Waals surface area (Å²) in [5.74, 6) is 1.05. The van der Waals surface area contributed by atoms with Crippen molar-refractivity contribution in [3.63, 3.8) is 0 Å². The predicted octanol–water partition coefficient (Wildman–Crippen LogP) is 4.64. The van der Waals surface area contributed by atoms with Crippen molar-refractivity contribution in [1.29, 1.82) is 0 Å². The highest BCUT2D eigenvalue weighted by Gasteiger charge is 2.40. The molecular weight excluding hydrogens is 310 g/mol. The van der Waals surface area contributed by atoms with Crippen LogP contribution >= 0.6 is 0 Å². The topological polar surface area (TPSA) is 62.2 Å². The molecule has 0 bridgehead atoms. The van der Waals surface area contributed by atoms with Crippen LogP contribution < -0.4 is 10.6 Å². The van der Waals surface area contributed by atoms with E-state index < -0.39 is 0 Å². The van der Waals surface area contributed by atoms with Crippen molar-refractivity contribution in [2.45, 2.75) is 58.0 Å². The molecule has 1 fully saturated rings. The van der Waals surface area contributed by atoms with Gasteiger partial charge in [-0.05, 0) is 31.0 Å². The lowest BCUT2D eigenvalue weighted by molar-refractivity contribution is 0.402. The third-order valence-corrected chi connectivity index (χ3v) is 4.76. The molecule has 0 radical (unpaired) electrons. The first-order valence-electron chi connectivity index (χ1n) is 9.30. The smallest absolute Gasteiger partial charge is 0.127 e. The lowest BCUT2D eigenvalue weighted by Crippen LogP contribution is -2.53. The van der Waals surface area contributed by atoms with Crippen LogP contribution in [0.3, 0.4) is 0 Å². The number of fused-ring (bicyclic) bond motifs is 1. The van der Waals surface area contributed by atoms with E-state index in [-0.39, 0.29) is 5.54 Å². The Morgan fingerprint density at radius 2 is 1.80 bits per heavy atom. The zero-order chi connectivity index (χ0) is 17.5. The van der Waals surface area contributed by atoms with Gasteiger partial charge in [0.2, 0.25) is 0 Å². The Kier molecular flexibility index (Phi) is 5.64. The van der Waals surface area contributed by atoms with Gasteiger partial charge in [0.1, 0.15) is 12.2 Å². The van der Waals surface area contributed by atoms with Crippen LogP contribution in [0.1, 0.15) is 51.6 Å². The van der Waals surface area contributed by atoms with Crippen molar-refractivity contribution < 1.29 is 0 Å². The van der Waals surface area contributed by atoms with Gasteiger partial charge >= 0.3 is 0 Å². The minimum atomic E-state index is -0.0559. The van der Waals surface area contributed by atoms with Gasteiger partial charge in [0.15, 0.2) is 0 Å². The van der Waals surface area contributed by atoms with Gasteiger partial charge in [0.25, 0.3) is 0 Å². The summed E-state index contributed by atoms with van der Waals surface area (Å²) in [6, 6.07) is 10.3. The number of para-hydroxylation sites is 2. The highest BCUT2D eigenvalue weighted by Crippen LogP contribution is 2.39. The maximum absolute atomic E-state index is 4.88. The van der Waals surface area contributed by atoms with E-state index in [1.807, 2.05) is 19.9 Å². The Morgan fingerprint density at radius 3 is 2.52 bits per heavy atom. The molecule has 5 heteroatoms. The number of rotatable bonds is 2. The van der Waals surface area contributed by atoms with E-state index in [1.165, 1.54) is 24.9 Å². The number of nitrogens with zero attached hydrogens (tertiary/aromatic N) is 3. The summed E-state index contributed by atoms with van der Waals surface area (Å²) in [6.07, 6.45) is 9.37. The van der Waals surface area contributed by atoms with Gasteiger partial charge in [-0.25, -0.2) is 9.97 Å². The summed E-state index contributed by atoms with van der Waals surface area (Å²) in [7, 11) is 0. The molecule has 1 saturated carbocycles. The molecule has 2 aromatic rings. The van der Waals surface area contributed by atoms with E-state index in [2.05, 4.69) is 44.9 Å². The Morgan fingerprint density at radius 1 is 1.04 bits per heavy atom. The molecule has 0 saturated heterocycles. The van der Waals surface area contributed by atoms with Crippen LogP contribution in [0.25, 0.3) is 0 Å². The van der Waals surface area contributed by atoms with Crippen LogP contribution in [-0.4, -0.2) is 21.3 Å². The number of amidine groups is 1. The van der Waals surface area contributed by atoms with Crippen molar-refractivity contribution in [1.82, 2.24) is 9.97 Å². The quantitative estimate of drug-likeness (QED) is 0.838. The molecule has 132 valence electrons. The van der Waals surface area contributed by atoms with E-state index in [0.717, 1.165) is 30.1 Å². The zero-order valence-corrected chi connectivity index (χ0v) is 15.1. The summed E-state index contributed by atoms with van der Waals surface area (Å²) >= 11 is 0. The minimum Gasteiger partial charge on any atom is -0.371 e. The number of hydrogen-bond donors (Lipinski definition) is 2. The summed E-state index contributed by atoms with van der Waals surface area (Å²) < 4.78 is 0. The van der Waals surface area contributed by atoms with E-state index in [9.17, 15) is 0 Å². The molecule has 0 atom stereocenters. The maximum Gasteiger partial charge on any atom is 0.127 e. The zero-order valence-electron chi connectivity index (χ0n) is 15.1. The van der Waals surface area contributed by atoms with E-state index in [0.29, 0.717) is 6.54 Å². The Hall–Kier alpha value is -2.43. The number of hydrogen-bond acceptors (Lipinski definition) is 4. The Labute approximate surface area is 150 Å². The van der Waals surface area contributed by atoms with Gasteiger partial charge in [0, 0.05) is 6.20 Å². The highest BCUT2D eigenvalue weighted by atomic mass is 15.2. The normalized spacial score (nSPS) is 19.2. The molecule has 5 nitrogen and oxygen atoms in total. The summed E-state index contributed by atoms with van der Waals surface area (Å²) in [5.41, 5.74) is 3.17. The van der Waals surface area contributed by atoms with Crippen LogP contribution in [0.2, 0.25) is 0 Å². The average molecular weight is 337 g/mol. The van der Waals surface area contributed by atoms with Gasteiger partial charge < -0.3 is 10.6 Å². The van der Waals surface area contributed by atoms with Crippen LogP contribution in [0.15, 0.2) is 47.8 Å². The minimum absolute atomic E-state index is 0.0559. The van der Waals surface area contributed by atoms with Crippen molar-refractivity contribution in [2.24, 2.45) is 4.99 Å². The Bertz CT molecular complexity index is 705. The first-order chi connectivity index (χ1) is 12.4. The highest BCUT2D eigenvalue weighted by molar-refractivity contribution is 6.09. The van der Waals surface area contributed by atoms with Gasteiger partial charge in [0.05, 0.1) is 29.2 Å². The van der Waals surface area contributed by atoms with Crippen molar-refractivity contribution in [2.75, 3.05) is 10.6 Å². The molecule has 2 N–H and O–H groups in total. The molecular formula is C20H27N5. The lowest BCUT2D eigenvalue weighted by atomic mass is 9.79. The van der Waals surface area contributed by atoms with E-state index in [4.69, 9.17) is 4.99 Å². The molecule has 4 rings (SSSR count). The fourth-order valence-electron chi connectivity index (χ4n) is 3.54. The third kappa shape index (κ3) is 3.81. The number of nitrogens with one attached hydrogen (secondary N) is 2. The standard InChI is InChI=1S/C18H21N5.C2H6/c1-4-9-18(10-5-1)17(20-12-14-8-11-19-13-21-14)22-15-6-2-3-7-16(15)23-18;1-2/h2-3,6-8,11,13,23H,1,4-5,9-10,12H2,(H,20,22);1-2H3. The first kappa shape index (κ1) is 17.4. The summed E-state index contributed by atoms with van der Waals surface area (Å²) in [5, 5.41) is 7.34. The largest absolute Gasteiger partial charge is 0.371 e. The number of benzene rings is 1. The maximum atomic E-state index is 4.88. The molecule has 25 heavy (non-hydrogen) atoms. The Balaban J connectivity index is 0.000000880. The molecule has 1 aromatic heterocycles. The monoisotopic (exact) mass is 337 g/mol. The van der Waals surface area contributed by atoms with Gasteiger partial charge in [-0.3, -0.25) is 4.99 Å². The van der Waals surface area contributed by atoms with Gasteiger partial charge in [-0.2, -0.15) is 0 Å². The first-order valence-corrected chi connectivity index (χ1v) is 9.30. The molecule has 0 amide bonds. The third-order valence-electron chi connectivity index (χ3n) is 4.76. The van der Waals surface area contributed by atoms with Crippen molar-refractivity contribution in [3.05, 3.63) is 48.5 Å². The predicted molar refractivity (Wildman–Crippen MR) is 104 cm³/mol. The van der Waals surface area contributed by atoms with Crippen LogP contribution in [-0.2, 0) is 6.54 Å². The molecule has 1 spiro atoms.